The van der Waals surface area contributed by atoms with Crippen LogP contribution < -0.4 is 15.4 Å². The van der Waals surface area contributed by atoms with Crippen molar-refractivity contribution in [3.05, 3.63) is 29.8 Å². The highest BCUT2D eigenvalue weighted by Crippen LogP contribution is 2.10. The van der Waals surface area contributed by atoms with Crippen LogP contribution in [-0.4, -0.2) is 32.7 Å². The highest BCUT2D eigenvalue weighted by molar-refractivity contribution is 5.77. The zero-order valence-corrected chi connectivity index (χ0v) is 10.5. The van der Waals surface area contributed by atoms with Crippen LogP contribution in [0.1, 0.15) is 12.0 Å². The second-order valence-corrected chi connectivity index (χ2v) is 3.91. The Morgan fingerprint density at radius 3 is 2.59 bits per heavy atom. The van der Waals surface area contributed by atoms with Crippen LogP contribution in [0.3, 0.4) is 0 Å². The zero-order valence-electron chi connectivity index (χ0n) is 10.5. The number of amides is 1. The number of aryl methyl sites for hydroxylation is 1. The Morgan fingerprint density at radius 1 is 1.24 bits per heavy atom. The standard InChI is InChI=1S/C13H20N2O2/c1-11-4-6-12(7-5-11)17-10-13(16)15-9-3-8-14-2/h4-7,14H,3,8-10H2,1-2H3,(H,15,16). The fraction of sp³-hybridized carbons (Fsp3) is 0.462. The molecule has 2 N–H and O–H groups in total. The van der Waals surface area contributed by atoms with Gasteiger partial charge in [-0.15, -0.1) is 0 Å². The summed E-state index contributed by atoms with van der Waals surface area (Å²) in [6.45, 7) is 3.66. The van der Waals surface area contributed by atoms with Crippen LogP contribution in [0.15, 0.2) is 24.3 Å². The Kier molecular flexibility index (Phi) is 6.10. The first-order valence-electron chi connectivity index (χ1n) is 5.83. The highest BCUT2D eigenvalue weighted by Gasteiger charge is 2.01. The number of rotatable bonds is 7. The molecular formula is C13H20N2O2. The van der Waals surface area contributed by atoms with Crippen molar-refractivity contribution < 1.29 is 9.53 Å². The highest BCUT2D eigenvalue weighted by atomic mass is 16.5. The van der Waals surface area contributed by atoms with Crippen LogP contribution in [0.4, 0.5) is 0 Å². The maximum Gasteiger partial charge on any atom is 0.257 e. The van der Waals surface area contributed by atoms with Gasteiger partial charge >= 0.3 is 0 Å². The summed E-state index contributed by atoms with van der Waals surface area (Å²) < 4.78 is 5.35. The molecule has 4 heteroatoms. The lowest BCUT2D eigenvalue weighted by Gasteiger charge is -2.07. The average Bonchev–Trinajstić information content (AvgIpc) is 2.34. The number of benzene rings is 1. The Labute approximate surface area is 102 Å². The van der Waals surface area contributed by atoms with E-state index in [2.05, 4.69) is 10.6 Å². The van der Waals surface area contributed by atoms with Crippen molar-refractivity contribution in [2.24, 2.45) is 0 Å². The van der Waals surface area contributed by atoms with E-state index in [0.29, 0.717) is 6.54 Å². The molecular weight excluding hydrogens is 216 g/mol. The third-order valence-corrected chi connectivity index (χ3v) is 2.32. The molecule has 1 aromatic rings. The lowest BCUT2D eigenvalue weighted by molar-refractivity contribution is -0.123. The molecule has 0 aliphatic heterocycles. The summed E-state index contributed by atoms with van der Waals surface area (Å²) in [5.41, 5.74) is 1.17. The first kappa shape index (κ1) is 13.5. The average molecular weight is 236 g/mol. The number of carbonyl (C=O) groups excluding carboxylic acids is 1. The van der Waals surface area contributed by atoms with Crippen molar-refractivity contribution in [3.8, 4) is 5.75 Å². The molecule has 0 unspecified atom stereocenters. The summed E-state index contributed by atoms with van der Waals surface area (Å²) in [4.78, 5) is 11.4. The van der Waals surface area contributed by atoms with Gasteiger partial charge in [0.1, 0.15) is 5.75 Å². The minimum atomic E-state index is -0.0818. The molecule has 1 aromatic carbocycles. The lowest BCUT2D eigenvalue weighted by Crippen LogP contribution is -2.30. The fourth-order valence-corrected chi connectivity index (χ4v) is 1.33. The molecule has 17 heavy (non-hydrogen) atoms. The predicted molar refractivity (Wildman–Crippen MR) is 68.2 cm³/mol. The quantitative estimate of drug-likeness (QED) is 0.697. The van der Waals surface area contributed by atoms with Gasteiger partial charge in [-0.1, -0.05) is 17.7 Å². The van der Waals surface area contributed by atoms with Crippen LogP contribution in [0.2, 0.25) is 0 Å². The normalized spacial score (nSPS) is 10.0. The van der Waals surface area contributed by atoms with Gasteiger partial charge < -0.3 is 15.4 Å². The van der Waals surface area contributed by atoms with Crippen LogP contribution in [-0.2, 0) is 4.79 Å². The van der Waals surface area contributed by atoms with E-state index >= 15 is 0 Å². The number of hydrogen-bond acceptors (Lipinski definition) is 3. The Morgan fingerprint density at radius 2 is 1.94 bits per heavy atom. The van der Waals surface area contributed by atoms with E-state index in [1.54, 1.807) is 0 Å². The molecule has 0 heterocycles. The monoisotopic (exact) mass is 236 g/mol. The summed E-state index contributed by atoms with van der Waals surface area (Å²) in [5.74, 6) is 0.641. The van der Waals surface area contributed by atoms with Crippen molar-refractivity contribution in [1.29, 1.82) is 0 Å². The summed E-state index contributed by atoms with van der Waals surface area (Å²) in [6, 6.07) is 7.65. The summed E-state index contributed by atoms with van der Waals surface area (Å²) in [6.07, 6.45) is 0.923. The predicted octanol–water partition coefficient (Wildman–Crippen LogP) is 1.10. The smallest absolute Gasteiger partial charge is 0.257 e. The Hall–Kier alpha value is -1.55. The van der Waals surface area contributed by atoms with Gasteiger partial charge in [0, 0.05) is 6.54 Å². The fourth-order valence-electron chi connectivity index (χ4n) is 1.33. The Balaban J connectivity index is 2.17. The van der Waals surface area contributed by atoms with Gasteiger partial charge in [-0.2, -0.15) is 0 Å². The number of nitrogens with one attached hydrogen (secondary N) is 2. The summed E-state index contributed by atoms with van der Waals surface area (Å²) >= 11 is 0. The maximum absolute atomic E-state index is 11.4. The molecule has 94 valence electrons. The zero-order chi connectivity index (χ0) is 12.5. The minimum absolute atomic E-state index is 0.0720. The van der Waals surface area contributed by atoms with Crippen LogP contribution in [0.25, 0.3) is 0 Å². The van der Waals surface area contributed by atoms with Crippen molar-refractivity contribution in [2.45, 2.75) is 13.3 Å². The molecule has 0 saturated carbocycles. The second-order valence-electron chi connectivity index (χ2n) is 3.91. The molecule has 1 rings (SSSR count). The topological polar surface area (TPSA) is 50.4 Å². The van der Waals surface area contributed by atoms with E-state index in [1.807, 2.05) is 38.2 Å². The van der Waals surface area contributed by atoms with Gasteiger partial charge in [-0.25, -0.2) is 0 Å². The molecule has 0 atom stereocenters. The van der Waals surface area contributed by atoms with Crippen molar-refractivity contribution in [1.82, 2.24) is 10.6 Å². The van der Waals surface area contributed by atoms with Crippen LogP contribution in [0.5, 0.6) is 5.75 Å². The van der Waals surface area contributed by atoms with Crippen LogP contribution in [0, 0.1) is 6.92 Å². The first-order chi connectivity index (χ1) is 8.22. The van der Waals surface area contributed by atoms with Crippen molar-refractivity contribution in [3.63, 3.8) is 0 Å². The van der Waals surface area contributed by atoms with Gasteiger partial charge in [-0.3, -0.25) is 4.79 Å². The molecule has 1 amide bonds. The maximum atomic E-state index is 11.4. The molecule has 0 fully saturated rings. The summed E-state index contributed by atoms with van der Waals surface area (Å²) in [5, 5.41) is 5.82. The van der Waals surface area contributed by atoms with Crippen molar-refractivity contribution in [2.75, 3.05) is 26.7 Å². The number of carbonyl (C=O) groups is 1. The van der Waals surface area contributed by atoms with E-state index in [-0.39, 0.29) is 12.5 Å². The van der Waals surface area contributed by atoms with E-state index in [9.17, 15) is 4.79 Å². The Bertz CT molecular complexity index is 336. The lowest BCUT2D eigenvalue weighted by atomic mass is 10.2. The second kappa shape index (κ2) is 7.68. The minimum Gasteiger partial charge on any atom is -0.484 e. The van der Waals surface area contributed by atoms with Crippen molar-refractivity contribution >= 4 is 5.91 Å². The molecule has 0 spiro atoms. The molecule has 0 saturated heterocycles. The third kappa shape index (κ3) is 5.92. The molecule has 0 radical (unpaired) electrons. The van der Waals surface area contributed by atoms with E-state index < -0.39 is 0 Å². The third-order valence-electron chi connectivity index (χ3n) is 2.32. The number of hydrogen-bond donors (Lipinski definition) is 2. The number of ether oxygens (including phenoxy) is 1. The SMILES string of the molecule is CNCCCNC(=O)COc1ccc(C)cc1. The molecule has 0 aromatic heterocycles. The molecule has 0 aliphatic carbocycles. The molecule has 0 aliphatic rings. The van der Waals surface area contributed by atoms with Gasteiger partial charge in [-0.05, 0) is 39.1 Å². The largest absolute Gasteiger partial charge is 0.484 e. The van der Waals surface area contributed by atoms with Gasteiger partial charge in [0.15, 0.2) is 6.61 Å². The van der Waals surface area contributed by atoms with E-state index in [4.69, 9.17) is 4.74 Å². The molecule has 4 nitrogen and oxygen atoms in total. The van der Waals surface area contributed by atoms with Gasteiger partial charge in [0.2, 0.25) is 0 Å². The van der Waals surface area contributed by atoms with Crippen LogP contribution >= 0.6 is 0 Å². The van der Waals surface area contributed by atoms with E-state index in [1.165, 1.54) is 5.56 Å². The summed E-state index contributed by atoms with van der Waals surface area (Å²) in [7, 11) is 1.89. The first-order valence-corrected chi connectivity index (χ1v) is 5.83. The van der Waals surface area contributed by atoms with Gasteiger partial charge in [0.25, 0.3) is 5.91 Å². The van der Waals surface area contributed by atoms with E-state index in [0.717, 1.165) is 18.7 Å². The molecule has 0 bridgehead atoms. The van der Waals surface area contributed by atoms with Gasteiger partial charge in [0.05, 0.1) is 0 Å².